The van der Waals surface area contributed by atoms with E-state index in [0.717, 1.165) is 11.3 Å². The smallest absolute Gasteiger partial charge is 0.262 e. The molecule has 1 atom stereocenters. The number of aromatic nitrogens is 2. The third-order valence-corrected chi connectivity index (χ3v) is 5.72. The van der Waals surface area contributed by atoms with Gasteiger partial charge in [0.1, 0.15) is 11.5 Å². The van der Waals surface area contributed by atoms with E-state index in [1.807, 2.05) is 24.3 Å². The molecule has 4 aromatic rings. The van der Waals surface area contributed by atoms with Crippen molar-refractivity contribution in [2.45, 2.75) is 19.0 Å². The van der Waals surface area contributed by atoms with Gasteiger partial charge in [-0.1, -0.05) is 18.2 Å². The van der Waals surface area contributed by atoms with Crippen LogP contribution < -0.4 is 15.6 Å². The monoisotopic (exact) mass is 433 g/mol. The van der Waals surface area contributed by atoms with Crippen LogP contribution in [0, 0.1) is 4.77 Å². The Morgan fingerprint density at radius 1 is 1.19 bits per heavy atom. The van der Waals surface area contributed by atoms with Crippen LogP contribution in [0.25, 0.3) is 10.9 Å². The molecule has 2 aromatic heterocycles. The van der Waals surface area contributed by atoms with Gasteiger partial charge in [-0.05, 0) is 48.6 Å². The number of fused-ring (bicyclic) bond motifs is 2. The van der Waals surface area contributed by atoms with Crippen molar-refractivity contribution in [2.75, 3.05) is 6.61 Å². The van der Waals surface area contributed by atoms with Crippen LogP contribution in [0.1, 0.15) is 34.1 Å². The van der Waals surface area contributed by atoms with Gasteiger partial charge in [0.25, 0.3) is 11.5 Å². The predicted octanol–water partition coefficient (Wildman–Crippen LogP) is 3.95. The zero-order chi connectivity index (χ0) is 21.4. The maximum Gasteiger partial charge on any atom is 0.262 e. The molecule has 0 saturated carbocycles. The second kappa shape index (κ2) is 7.88. The van der Waals surface area contributed by atoms with Crippen molar-refractivity contribution in [1.82, 2.24) is 14.9 Å². The summed E-state index contributed by atoms with van der Waals surface area (Å²) < 4.78 is 12.7. The SMILES string of the molecule is O=C(N[C@H]1CCOc2ccccc21)c1ccc2c(=O)n(Cc3ccco3)c(=S)[nH]c2c1. The molecule has 156 valence electrons. The van der Waals surface area contributed by atoms with E-state index in [9.17, 15) is 9.59 Å². The molecule has 0 saturated heterocycles. The molecule has 3 heterocycles. The van der Waals surface area contributed by atoms with E-state index in [4.69, 9.17) is 21.4 Å². The van der Waals surface area contributed by atoms with Gasteiger partial charge in [0, 0.05) is 17.5 Å². The first-order valence-electron chi connectivity index (χ1n) is 9.92. The summed E-state index contributed by atoms with van der Waals surface area (Å²) >= 11 is 5.37. The molecule has 0 aliphatic carbocycles. The molecular formula is C23H19N3O4S. The Morgan fingerprint density at radius 2 is 2.06 bits per heavy atom. The number of nitrogens with one attached hydrogen (secondary N) is 2. The summed E-state index contributed by atoms with van der Waals surface area (Å²) in [7, 11) is 0. The molecular weight excluding hydrogens is 414 g/mol. The Balaban J connectivity index is 1.44. The third kappa shape index (κ3) is 3.66. The van der Waals surface area contributed by atoms with Gasteiger partial charge in [-0.15, -0.1) is 0 Å². The van der Waals surface area contributed by atoms with Gasteiger partial charge in [-0.25, -0.2) is 0 Å². The Labute approximate surface area is 182 Å². The van der Waals surface area contributed by atoms with Crippen LogP contribution in [-0.4, -0.2) is 22.1 Å². The van der Waals surface area contributed by atoms with Crippen molar-refractivity contribution >= 4 is 29.0 Å². The number of aromatic amines is 1. The number of carbonyl (C=O) groups excluding carboxylic acids is 1. The molecule has 1 aliphatic rings. The maximum atomic E-state index is 12.9. The van der Waals surface area contributed by atoms with Crippen molar-refractivity contribution in [3.05, 3.63) is 92.9 Å². The minimum Gasteiger partial charge on any atom is -0.493 e. The van der Waals surface area contributed by atoms with Crippen molar-refractivity contribution in [1.29, 1.82) is 0 Å². The Morgan fingerprint density at radius 3 is 2.90 bits per heavy atom. The van der Waals surface area contributed by atoms with Gasteiger partial charge >= 0.3 is 0 Å². The molecule has 0 radical (unpaired) electrons. The fourth-order valence-corrected chi connectivity index (χ4v) is 4.09. The summed E-state index contributed by atoms with van der Waals surface area (Å²) in [5.74, 6) is 1.20. The van der Waals surface area contributed by atoms with E-state index in [-0.39, 0.29) is 28.8 Å². The van der Waals surface area contributed by atoms with Crippen LogP contribution in [0.5, 0.6) is 5.75 Å². The van der Waals surface area contributed by atoms with Crippen LogP contribution in [-0.2, 0) is 6.54 Å². The van der Waals surface area contributed by atoms with Crippen LogP contribution >= 0.6 is 12.2 Å². The summed E-state index contributed by atoms with van der Waals surface area (Å²) in [6, 6.07) is 16.1. The molecule has 0 spiro atoms. The molecule has 1 aliphatic heterocycles. The molecule has 2 N–H and O–H groups in total. The lowest BCUT2D eigenvalue weighted by atomic mass is 10.00. The molecule has 2 aromatic carbocycles. The van der Waals surface area contributed by atoms with Gasteiger partial charge < -0.3 is 19.5 Å². The van der Waals surface area contributed by atoms with Crippen LogP contribution in [0.4, 0.5) is 0 Å². The number of hydrogen-bond acceptors (Lipinski definition) is 5. The van der Waals surface area contributed by atoms with E-state index in [1.165, 1.54) is 4.57 Å². The van der Waals surface area contributed by atoms with Gasteiger partial charge in [0.15, 0.2) is 4.77 Å². The maximum absolute atomic E-state index is 12.9. The third-order valence-electron chi connectivity index (χ3n) is 5.40. The van der Waals surface area contributed by atoms with E-state index >= 15 is 0 Å². The number of hydrogen-bond donors (Lipinski definition) is 2. The standard InChI is InChI=1S/C23H19N3O4S/c27-21(24-18-9-11-30-20-6-2-1-5-16(18)20)14-7-8-17-19(12-14)25-23(31)26(22(17)28)13-15-4-3-10-29-15/h1-8,10,12,18H,9,11,13H2,(H,24,27)(H,25,31)/t18-/m0/s1. The normalized spacial score (nSPS) is 15.3. The largest absolute Gasteiger partial charge is 0.493 e. The van der Waals surface area contributed by atoms with E-state index in [0.29, 0.717) is 35.3 Å². The number of nitrogens with zero attached hydrogens (tertiary/aromatic N) is 1. The fraction of sp³-hybridized carbons (Fsp3) is 0.174. The zero-order valence-corrected chi connectivity index (χ0v) is 17.3. The molecule has 1 amide bonds. The molecule has 0 unspecified atom stereocenters. The lowest BCUT2D eigenvalue weighted by Gasteiger charge is -2.26. The van der Waals surface area contributed by atoms with Crippen molar-refractivity contribution < 1.29 is 13.9 Å². The van der Waals surface area contributed by atoms with Crippen molar-refractivity contribution in [2.24, 2.45) is 0 Å². The summed E-state index contributed by atoms with van der Waals surface area (Å²) in [5, 5.41) is 3.52. The minimum atomic E-state index is -0.236. The molecule has 31 heavy (non-hydrogen) atoms. The number of benzene rings is 2. The van der Waals surface area contributed by atoms with Crippen molar-refractivity contribution in [3.8, 4) is 5.75 Å². The first-order valence-corrected chi connectivity index (χ1v) is 10.3. The molecule has 8 heteroatoms. The minimum absolute atomic E-state index is 0.132. The van der Waals surface area contributed by atoms with Crippen LogP contribution in [0.15, 0.2) is 70.1 Å². The van der Waals surface area contributed by atoms with Gasteiger partial charge in [-0.2, -0.15) is 0 Å². The zero-order valence-electron chi connectivity index (χ0n) is 16.5. The highest BCUT2D eigenvalue weighted by atomic mass is 32.1. The molecule has 0 fully saturated rings. The highest BCUT2D eigenvalue weighted by molar-refractivity contribution is 7.71. The summed E-state index contributed by atoms with van der Waals surface area (Å²) in [5.41, 5.74) is 1.69. The van der Waals surface area contributed by atoms with Crippen molar-refractivity contribution in [3.63, 3.8) is 0 Å². The average molecular weight is 433 g/mol. The first kappa shape index (κ1) is 19.3. The number of amides is 1. The Hall–Kier alpha value is -3.65. The number of carbonyl (C=O) groups is 1. The number of ether oxygens (including phenoxy) is 1. The Kier molecular flexibility index (Phi) is 4.91. The topological polar surface area (TPSA) is 89.3 Å². The molecule has 5 rings (SSSR count). The lowest BCUT2D eigenvalue weighted by molar-refractivity contribution is 0.0925. The quantitative estimate of drug-likeness (QED) is 0.476. The summed E-state index contributed by atoms with van der Waals surface area (Å²) in [4.78, 5) is 28.9. The second-order valence-corrected chi connectivity index (χ2v) is 7.75. The summed E-state index contributed by atoms with van der Waals surface area (Å²) in [6.45, 7) is 0.782. The number of furan rings is 1. The van der Waals surface area contributed by atoms with E-state index in [1.54, 1.807) is 36.6 Å². The van der Waals surface area contributed by atoms with E-state index < -0.39 is 0 Å². The lowest BCUT2D eigenvalue weighted by Crippen LogP contribution is -2.32. The van der Waals surface area contributed by atoms with Crippen LogP contribution in [0.3, 0.4) is 0 Å². The second-order valence-electron chi connectivity index (χ2n) is 7.36. The predicted molar refractivity (Wildman–Crippen MR) is 118 cm³/mol. The van der Waals surface area contributed by atoms with Gasteiger partial charge in [-0.3, -0.25) is 14.2 Å². The van der Waals surface area contributed by atoms with E-state index in [2.05, 4.69) is 10.3 Å². The number of para-hydroxylation sites is 1. The summed E-state index contributed by atoms with van der Waals surface area (Å²) in [6.07, 6.45) is 2.24. The van der Waals surface area contributed by atoms with Gasteiger partial charge in [0.05, 0.1) is 36.4 Å². The highest BCUT2D eigenvalue weighted by Crippen LogP contribution is 2.31. The molecule has 7 nitrogen and oxygen atoms in total. The highest BCUT2D eigenvalue weighted by Gasteiger charge is 2.23. The van der Waals surface area contributed by atoms with Crippen LogP contribution in [0.2, 0.25) is 0 Å². The average Bonchev–Trinajstić information content (AvgIpc) is 3.30. The molecule has 0 bridgehead atoms. The fourth-order valence-electron chi connectivity index (χ4n) is 3.83. The Bertz CT molecular complexity index is 1390. The number of rotatable bonds is 4. The number of H-pyrrole nitrogens is 1. The first-order chi connectivity index (χ1) is 15.1. The van der Waals surface area contributed by atoms with Gasteiger partial charge in [0.2, 0.25) is 0 Å².